The number of carbonyl (C=O) groups excluding carboxylic acids is 2. The molecule has 0 radical (unpaired) electrons. The molecule has 2 aliphatic rings. The molecule has 0 spiro atoms. The lowest BCUT2D eigenvalue weighted by molar-refractivity contribution is -0.135. The number of amides is 2. The maximum Gasteiger partial charge on any atom is 0.410 e. The van der Waals surface area contributed by atoms with E-state index < -0.39 is 61.2 Å². The van der Waals surface area contributed by atoms with Crippen molar-refractivity contribution in [2.75, 3.05) is 19.7 Å². The van der Waals surface area contributed by atoms with E-state index in [1.807, 2.05) is 20.8 Å². The van der Waals surface area contributed by atoms with Gasteiger partial charge in [0.15, 0.2) is 5.96 Å². The van der Waals surface area contributed by atoms with E-state index in [0.29, 0.717) is 37.6 Å². The van der Waals surface area contributed by atoms with Crippen LogP contribution < -0.4 is 5.32 Å². The zero-order chi connectivity index (χ0) is 35.3. The smallest absolute Gasteiger partial charge is 0.410 e. The highest BCUT2D eigenvalue weighted by Crippen LogP contribution is 2.43. The molecule has 4 heterocycles. The zero-order valence-electron chi connectivity index (χ0n) is 26.6. The first-order valence-corrected chi connectivity index (χ1v) is 15.5. The van der Waals surface area contributed by atoms with Gasteiger partial charge in [-0.1, -0.05) is 62.7 Å². The molecule has 49 heavy (non-hydrogen) atoms. The normalized spacial score (nSPS) is 19.6. The fourth-order valence-corrected chi connectivity index (χ4v) is 6.33. The summed E-state index contributed by atoms with van der Waals surface area (Å²) in [5.41, 5.74) is 0.419. The SMILES string of the molecule is CC(C)(C)C[C@]1(c2ccc(-c3cnn(C(F)F)c3)cc2)NC(=N)N([C@H](COC(=O)N2CC(F)(F)C2)c2ccc(Cl)c(-n3cncn3)c2)C1=O. The molecule has 0 aliphatic carbocycles. The summed E-state index contributed by atoms with van der Waals surface area (Å²) < 4.78 is 60.7. The second kappa shape index (κ2) is 12.5. The Morgan fingerprint density at radius 1 is 1.10 bits per heavy atom. The Bertz CT molecular complexity index is 1870. The van der Waals surface area contributed by atoms with E-state index in [1.54, 1.807) is 42.5 Å². The number of aromatic nitrogens is 5. The molecule has 0 unspecified atom stereocenters. The molecule has 6 rings (SSSR count). The van der Waals surface area contributed by atoms with Crippen LogP contribution in [0.1, 0.15) is 50.9 Å². The van der Waals surface area contributed by atoms with E-state index in [4.69, 9.17) is 21.7 Å². The van der Waals surface area contributed by atoms with Gasteiger partial charge in [0.1, 0.15) is 24.8 Å². The minimum atomic E-state index is -3.01. The van der Waals surface area contributed by atoms with E-state index in [9.17, 15) is 27.2 Å². The van der Waals surface area contributed by atoms with E-state index in [0.717, 1.165) is 4.90 Å². The molecule has 0 saturated carbocycles. The molecule has 12 nitrogen and oxygen atoms in total. The van der Waals surface area contributed by atoms with E-state index >= 15 is 0 Å². The largest absolute Gasteiger partial charge is 0.447 e. The number of carbonyl (C=O) groups is 2. The quantitative estimate of drug-likeness (QED) is 0.204. The van der Waals surface area contributed by atoms with Gasteiger partial charge in [-0.05, 0) is 40.7 Å². The summed E-state index contributed by atoms with van der Waals surface area (Å²) in [5.74, 6) is -3.83. The number of halogens is 5. The number of hydrogen-bond donors (Lipinski definition) is 2. The van der Waals surface area contributed by atoms with Crippen molar-refractivity contribution in [1.29, 1.82) is 5.41 Å². The van der Waals surface area contributed by atoms with Crippen LogP contribution in [0.25, 0.3) is 16.8 Å². The third-order valence-corrected chi connectivity index (χ3v) is 8.58. The van der Waals surface area contributed by atoms with Crippen LogP contribution in [0.2, 0.25) is 5.02 Å². The summed E-state index contributed by atoms with van der Waals surface area (Å²) >= 11 is 6.47. The number of likely N-dealkylation sites (tertiary alicyclic amines) is 1. The minimum Gasteiger partial charge on any atom is -0.447 e. The number of ether oxygens (including phenoxy) is 1. The maximum absolute atomic E-state index is 14.8. The third-order valence-electron chi connectivity index (χ3n) is 8.26. The molecule has 2 fully saturated rings. The molecule has 2 aromatic heterocycles. The van der Waals surface area contributed by atoms with Crippen LogP contribution in [0.5, 0.6) is 0 Å². The molecule has 2 N–H and O–H groups in total. The Hall–Kier alpha value is -4.99. The van der Waals surface area contributed by atoms with Crippen molar-refractivity contribution in [1.82, 2.24) is 39.7 Å². The molecule has 0 bridgehead atoms. The minimum absolute atomic E-state index is 0.223. The van der Waals surface area contributed by atoms with Crippen molar-refractivity contribution >= 4 is 29.6 Å². The van der Waals surface area contributed by atoms with Crippen LogP contribution in [0.4, 0.5) is 22.4 Å². The van der Waals surface area contributed by atoms with Gasteiger partial charge in [0.25, 0.3) is 11.8 Å². The van der Waals surface area contributed by atoms with Gasteiger partial charge in [0.05, 0.1) is 36.0 Å². The molecular weight excluding hydrogens is 670 g/mol. The molecule has 2 aliphatic heterocycles. The topological polar surface area (TPSA) is 134 Å². The van der Waals surface area contributed by atoms with E-state index in [1.165, 1.54) is 34.6 Å². The average molecular weight is 702 g/mol. The van der Waals surface area contributed by atoms with Gasteiger partial charge in [0.2, 0.25) is 0 Å². The van der Waals surface area contributed by atoms with E-state index in [-0.39, 0.29) is 12.4 Å². The van der Waals surface area contributed by atoms with Crippen LogP contribution in [0, 0.1) is 10.8 Å². The van der Waals surface area contributed by atoms with Gasteiger partial charge in [-0.2, -0.15) is 19.0 Å². The molecule has 2 saturated heterocycles. The van der Waals surface area contributed by atoms with Crippen molar-refractivity contribution in [2.24, 2.45) is 5.41 Å². The zero-order valence-corrected chi connectivity index (χ0v) is 27.3. The van der Waals surface area contributed by atoms with Crippen LogP contribution in [0.15, 0.2) is 67.5 Å². The van der Waals surface area contributed by atoms with Crippen LogP contribution in [0.3, 0.4) is 0 Å². The summed E-state index contributed by atoms with van der Waals surface area (Å²) in [4.78, 5) is 33.5. The first-order chi connectivity index (χ1) is 23.1. The van der Waals surface area contributed by atoms with Crippen molar-refractivity contribution < 1.29 is 31.9 Å². The van der Waals surface area contributed by atoms with Crippen molar-refractivity contribution in [3.05, 3.63) is 83.7 Å². The van der Waals surface area contributed by atoms with Gasteiger partial charge in [-0.25, -0.2) is 27.9 Å². The highest BCUT2D eigenvalue weighted by molar-refractivity contribution is 6.32. The summed E-state index contributed by atoms with van der Waals surface area (Å²) in [6.45, 7) is 0.960. The van der Waals surface area contributed by atoms with Gasteiger partial charge < -0.3 is 10.1 Å². The Labute approximate surface area is 283 Å². The molecule has 4 aromatic rings. The number of rotatable bonds is 9. The molecule has 258 valence electrons. The van der Waals surface area contributed by atoms with Gasteiger partial charge in [-0.15, -0.1) is 0 Å². The predicted octanol–water partition coefficient (Wildman–Crippen LogP) is 6.01. The molecule has 2 atom stereocenters. The number of alkyl halides is 4. The Kier molecular flexibility index (Phi) is 8.63. The lowest BCUT2D eigenvalue weighted by Crippen LogP contribution is -2.58. The number of nitrogens with zero attached hydrogens (tertiary/aromatic N) is 7. The van der Waals surface area contributed by atoms with Crippen LogP contribution >= 0.6 is 11.6 Å². The fourth-order valence-electron chi connectivity index (χ4n) is 6.12. The number of benzene rings is 2. The standard InChI is InChI=1S/C32H32ClF4N9O3/c1-30(2,3)14-32(22-7-4-19(5-8-22)21-11-40-44(12-21)27(34)35)26(47)46(28(38)42-32)25(13-49-29(48)43-15-31(36,37)16-43)20-6-9-23(33)24(10-20)45-18-39-17-41-45/h4-12,17-18,25,27H,13-16H2,1-3H3,(H2,38,42)/t25-,32-/m1/s1. The first-order valence-electron chi connectivity index (χ1n) is 15.1. The number of nitrogens with one attached hydrogen (secondary N) is 2. The Morgan fingerprint density at radius 2 is 1.82 bits per heavy atom. The average Bonchev–Trinajstić information content (AvgIpc) is 3.78. The lowest BCUT2D eigenvalue weighted by atomic mass is 9.75. The number of guanidine groups is 1. The summed E-state index contributed by atoms with van der Waals surface area (Å²) in [6, 6.07) is 10.4. The molecule has 2 amide bonds. The monoisotopic (exact) mass is 701 g/mol. The van der Waals surface area contributed by atoms with Gasteiger partial charge in [0, 0.05) is 11.8 Å². The van der Waals surface area contributed by atoms with E-state index in [2.05, 4.69) is 20.5 Å². The Balaban J connectivity index is 1.38. The Morgan fingerprint density at radius 3 is 2.41 bits per heavy atom. The molecular formula is C32H32ClF4N9O3. The fraction of sp³-hybridized carbons (Fsp3) is 0.375. The lowest BCUT2D eigenvalue weighted by Gasteiger charge is -2.38. The maximum atomic E-state index is 14.8. The first kappa shape index (κ1) is 33.9. The van der Waals surface area contributed by atoms with Crippen LogP contribution in [-0.2, 0) is 15.1 Å². The summed E-state index contributed by atoms with van der Waals surface area (Å²) in [7, 11) is 0. The second-order valence-corrected chi connectivity index (χ2v) is 13.6. The molecule has 2 aromatic carbocycles. The summed E-state index contributed by atoms with van der Waals surface area (Å²) in [6.07, 6.45) is 4.50. The predicted molar refractivity (Wildman–Crippen MR) is 169 cm³/mol. The molecule has 17 heteroatoms. The third kappa shape index (κ3) is 6.69. The second-order valence-electron chi connectivity index (χ2n) is 13.2. The van der Waals surface area contributed by atoms with Crippen molar-refractivity contribution in [2.45, 2.75) is 51.2 Å². The van der Waals surface area contributed by atoms with Crippen LogP contribution in [-0.4, -0.2) is 77.9 Å². The van der Waals surface area contributed by atoms with Gasteiger partial charge >= 0.3 is 12.6 Å². The summed E-state index contributed by atoms with van der Waals surface area (Å²) in [5, 5.41) is 20.3. The van der Waals surface area contributed by atoms with Crippen molar-refractivity contribution in [3.8, 4) is 16.8 Å². The van der Waals surface area contributed by atoms with Gasteiger partial charge in [-0.3, -0.25) is 20.0 Å². The highest BCUT2D eigenvalue weighted by atomic mass is 35.5. The highest BCUT2D eigenvalue weighted by Gasteiger charge is 2.55. The number of hydrogen-bond acceptors (Lipinski definition) is 7. The van der Waals surface area contributed by atoms with Crippen molar-refractivity contribution in [3.63, 3.8) is 0 Å².